The number of nitrogens with one attached hydrogen (secondary N) is 1. The largest absolute Gasteiger partial charge is 0.491 e. The summed E-state index contributed by atoms with van der Waals surface area (Å²) >= 11 is 0. The Morgan fingerprint density at radius 2 is 1.86 bits per heavy atom. The molecular weight excluding hydrogens is 353 g/mol. The molecule has 1 unspecified atom stereocenters. The number of aliphatic hydroxyl groups excluding tert-OH is 1. The van der Waals surface area contributed by atoms with Crippen molar-refractivity contribution in [2.45, 2.75) is 25.3 Å². The van der Waals surface area contributed by atoms with Crippen LogP contribution in [0.2, 0.25) is 0 Å². The zero-order valence-corrected chi connectivity index (χ0v) is 15.7. The molecule has 4 heteroatoms. The molecule has 2 N–H and O–H groups in total. The average Bonchev–Trinajstić information content (AvgIpc) is 2.72. The van der Waals surface area contributed by atoms with Crippen molar-refractivity contribution in [3.05, 3.63) is 83.7 Å². The molecule has 3 nitrogen and oxygen atoms in total. The molecular formula is C24H24FNO2. The summed E-state index contributed by atoms with van der Waals surface area (Å²) in [6.07, 6.45) is 3.24. The van der Waals surface area contributed by atoms with Crippen LogP contribution in [0.3, 0.4) is 0 Å². The first-order chi connectivity index (χ1) is 13.7. The van der Waals surface area contributed by atoms with E-state index in [0.29, 0.717) is 0 Å². The van der Waals surface area contributed by atoms with Gasteiger partial charge in [0.2, 0.25) is 0 Å². The maximum Gasteiger partial charge on any atom is 0.123 e. The maximum absolute atomic E-state index is 13.6. The van der Waals surface area contributed by atoms with Crippen LogP contribution < -0.4 is 10.1 Å². The van der Waals surface area contributed by atoms with Crippen molar-refractivity contribution in [3.63, 3.8) is 0 Å². The Balaban J connectivity index is 1.60. The third-order valence-electron chi connectivity index (χ3n) is 5.15. The van der Waals surface area contributed by atoms with Crippen molar-refractivity contribution >= 4 is 5.69 Å². The summed E-state index contributed by atoms with van der Waals surface area (Å²) in [6, 6.07) is 21.2. The fourth-order valence-corrected chi connectivity index (χ4v) is 3.84. The highest BCUT2D eigenvalue weighted by Gasteiger charge is 2.21. The first kappa shape index (κ1) is 18.5. The van der Waals surface area contributed by atoms with Gasteiger partial charge in [0.25, 0.3) is 0 Å². The molecule has 4 rings (SSSR count). The van der Waals surface area contributed by atoms with E-state index in [9.17, 15) is 4.39 Å². The standard InChI is InChI=1S/C24H24FNO2/c25-20-6-1-5-18(14-20)19-11-10-17-4-2-9-24(23(17)15-19)26-21-7-3-8-22(16-21)28-13-12-27/h1,3,5-8,10-11,14-16,24,26-27H,2,4,9,12-13H2. The Labute approximate surface area is 164 Å². The van der Waals surface area contributed by atoms with Crippen molar-refractivity contribution in [2.24, 2.45) is 0 Å². The van der Waals surface area contributed by atoms with E-state index < -0.39 is 0 Å². The highest BCUT2D eigenvalue weighted by molar-refractivity contribution is 5.66. The van der Waals surface area contributed by atoms with Crippen LogP contribution in [0.25, 0.3) is 11.1 Å². The van der Waals surface area contributed by atoms with Crippen molar-refractivity contribution < 1.29 is 14.2 Å². The summed E-state index contributed by atoms with van der Waals surface area (Å²) in [5, 5.41) is 12.6. The van der Waals surface area contributed by atoms with Gasteiger partial charge in [0.1, 0.15) is 18.2 Å². The molecule has 0 fully saturated rings. The number of hydrogen-bond donors (Lipinski definition) is 2. The fraction of sp³-hybridized carbons (Fsp3) is 0.250. The predicted molar refractivity (Wildman–Crippen MR) is 110 cm³/mol. The second kappa shape index (κ2) is 8.44. The SMILES string of the molecule is OCCOc1cccc(NC2CCCc3ccc(-c4cccc(F)c4)cc32)c1. The van der Waals surface area contributed by atoms with Crippen LogP contribution >= 0.6 is 0 Å². The zero-order valence-electron chi connectivity index (χ0n) is 15.7. The van der Waals surface area contributed by atoms with Crippen molar-refractivity contribution in [3.8, 4) is 16.9 Å². The summed E-state index contributed by atoms with van der Waals surface area (Å²) in [4.78, 5) is 0. The lowest BCUT2D eigenvalue weighted by molar-refractivity contribution is 0.201. The third-order valence-corrected chi connectivity index (χ3v) is 5.15. The molecule has 0 radical (unpaired) electrons. The van der Waals surface area contributed by atoms with Crippen molar-refractivity contribution in [1.82, 2.24) is 0 Å². The second-order valence-electron chi connectivity index (χ2n) is 7.11. The van der Waals surface area contributed by atoms with Gasteiger partial charge in [-0.2, -0.15) is 0 Å². The Morgan fingerprint density at radius 1 is 1.00 bits per heavy atom. The first-order valence-corrected chi connectivity index (χ1v) is 9.72. The molecule has 0 saturated carbocycles. The second-order valence-corrected chi connectivity index (χ2v) is 7.11. The number of fused-ring (bicyclic) bond motifs is 1. The van der Waals surface area contributed by atoms with E-state index in [1.807, 2.05) is 30.3 Å². The van der Waals surface area contributed by atoms with Crippen LogP contribution in [0.15, 0.2) is 66.7 Å². The van der Waals surface area contributed by atoms with Gasteiger partial charge in [0.05, 0.1) is 12.6 Å². The van der Waals surface area contributed by atoms with E-state index in [-0.39, 0.29) is 25.1 Å². The van der Waals surface area contributed by atoms with Crippen LogP contribution in [0, 0.1) is 5.82 Å². The van der Waals surface area contributed by atoms with Gasteiger partial charge in [0.15, 0.2) is 0 Å². The Bertz CT molecular complexity index is 957. The number of aryl methyl sites for hydroxylation is 1. The molecule has 0 saturated heterocycles. The van der Waals surface area contributed by atoms with E-state index in [1.54, 1.807) is 12.1 Å². The molecule has 3 aromatic rings. The third kappa shape index (κ3) is 4.18. The van der Waals surface area contributed by atoms with Gasteiger partial charge < -0.3 is 15.2 Å². The molecule has 0 heterocycles. The van der Waals surface area contributed by atoms with Gasteiger partial charge >= 0.3 is 0 Å². The maximum atomic E-state index is 13.6. The summed E-state index contributed by atoms with van der Waals surface area (Å²) < 4.78 is 19.2. The van der Waals surface area contributed by atoms with Gasteiger partial charge in [-0.3, -0.25) is 0 Å². The number of hydrogen-bond acceptors (Lipinski definition) is 3. The molecule has 1 aliphatic carbocycles. The highest BCUT2D eigenvalue weighted by Crippen LogP contribution is 2.36. The van der Waals surface area contributed by atoms with Crippen molar-refractivity contribution in [2.75, 3.05) is 18.5 Å². The molecule has 1 aliphatic rings. The zero-order chi connectivity index (χ0) is 19.3. The number of rotatable bonds is 6. The van der Waals surface area contributed by atoms with E-state index in [0.717, 1.165) is 41.8 Å². The van der Waals surface area contributed by atoms with Gasteiger partial charge in [-0.15, -0.1) is 0 Å². The lowest BCUT2D eigenvalue weighted by Crippen LogP contribution is -2.17. The monoisotopic (exact) mass is 377 g/mol. The van der Waals surface area contributed by atoms with Gasteiger partial charge in [-0.1, -0.05) is 30.3 Å². The Morgan fingerprint density at radius 3 is 2.71 bits per heavy atom. The van der Waals surface area contributed by atoms with Crippen LogP contribution in [0.4, 0.5) is 10.1 Å². The van der Waals surface area contributed by atoms with E-state index in [4.69, 9.17) is 9.84 Å². The molecule has 3 aromatic carbocycles. The smallest absolute Gasteiger partial charge is 0.123 e. The van der Waals surface area contributed by atoms with E-state index in [2.05, 4.69) is 23.5 Å². The minimum Gasteiger partial charge on any atom is -0.491 e. The van der Waals surface area contributed by atoms with Gasteiger partial charge in [-0.05, 0) is 71.8 Å². The van der Waals surface area contributed by atoms with Crippen molar-refractivity contribution in [1.29, 1.82) is 0 Å². The summed E-state index contributed by atoms with van der Waals surface area (Å²) in [5.41, 5.74) is 5.54. The summed E-state index contributed by atoms with van der Waals surface area (Å²) in [5.74, 6) is 0.521. The lowest BCUT2D eigenvalue weighted by Gasteiger charge is -2.28. The summed E-state index contributed by atoms with van der Waals surface area (Å²) in [7, 11) is 0. The Hall–Kier alpha value is -2.85. The van der Waals surface area contributed by atoms with Gasteiger partial charge in [-0.25, -0.2) is 4.39 Å². The molecule has 0 aromatic heterocycles. The molecule has 28 heavy (non-hydrogen) atoms. The molecule has 1 atom stereocenters. The quantitative estimate of drug-likeness (QED) is 0.608. The average molecular weight is 377 g/mol. The molecule has 0 bridgehead atoms. The fourth-order valence-electron chi connectivity index (χ4n) is 3.84. The van der Waals surface area contributed by atoms with Crippen LogP contribution in [0.5, 0.6) is 5.75 Å². The minimum atomic E-state index is -0.218. The lowest BCUT2D eigenvalue weighted by atomic mass is 9.85. The number of anilines is 1. The van der Waals surface area contributed by atoms with E-state index in [1.165, 1.54) is 17.2 Å². The van der Waals surface area contributed by atoms with Gasteiger partial charge in [0, 0.05) is 11.8 Å². The Kier molecular flexibility index (Phi) is 5.58. The molecule has 144 valence electrons. The van der Waals surface area contributed by atoms with E-state index >= 15 is 0 Å². The topological polar surface area (TPSA) is 41.5 Å². The first-order valence-electron chi connectivity index (χ1n) is 9.72. The highest BCUT2D eigenvalue weighted by atomic mass is 19.1. The molecule has 0 aliphatic heterocycles. The molecule has 0 spiro atoms. The number of ether oxygens (including phenoxy) is 1. The number of benzene rings is 3. The molecule has 0 amide bonds. The number of aliphatic hydroxyl groups is 1. The summed E-state index contributed by atoms with van der Waals surface area (Å²) in [6.45, 7) is 0.281. The predicted octanol–water partition coefficient (Wildman–Crippen LogP) is 5.35. The number of halogens is 1. The normalized spacial score (nSPS) is 15.7. The van der Waals surface area contributed by atoms with Crippen LogP contribution in [0.1, 0.15) is 30.0 Å². The van der Waals surface area contributed by atoms with Crippen LogP contribution in [-0.2, 0) is 6.42 Å². The minimum absolute atomic E-state index is 0.00346. The van der Waals surface area contributed by atoms with Crippen LogP contribution in [-0.4, -0.2) is 18.3 Å².